The number of hydrazone groups is 1. The number of amides is 1. The van der Waals surface area contributed by atoms with Crippen molar-refractivity contribution >= 4 is 17.6 Å². The third kappa shape index (κ3) is 2.05. The molecule has 0 unspecified atom stereocenters. The van der Waals surface area contributed by atoms with Gasteiger partial charge in [0, 0.05) is 19.4 Å². The second-order valence-electron chi connectivity index (χ2n) is 2.65. The fourth-order valence-corrected chi connectivity index (χ4v) is 1.11. The maximum Gasteiger partial charge on any atom is 0.354 e. The van der Waals surface area contributed by atoms with E-state index in [0.29, 0.717) is 25.1 Å². The Morgan fingerprint density at radius 2 is 2.31 bits per heavy atom. The van der Waals surface area contributed by atoms with Gasteiger partial charge in [-0.25, -0.2) is 9.80 Å². The number of ether oxygens (including phenoxy) is 1. The Bertz CT molecular complexity index is 260. The lowest BCUT2D eigenvalue weighted by Gasteiger charge is -2.20. The maximum absolute atomic E-state index is 11.1. The first kappa shape index (κ1) is 9.70. The summed E-state index contributed by atoms with van der Waals surface area (Å²) in [6.45, 7) is 2.29. The number of carbonyl (C=O) groups excluding carboxylic acids is 2. The van der Waals surface area contributed by atoms with Crippen molar-refractivity contribution in [2.45, 2.75) is 19.8 Å². The minimum Gasteiger partial charge on any atom is -0.464 e. The Kier molecular flexibility index (Phi) is 3.00. The summed E-state index contributed by atoms with van der Waals surface area (Å²) in [5.41, 5.74) is 0.323. The first-order chi connectivity index (χ1) is 6.19. The van der Waals surface area contributed by atoms with Crippen molar-refractivity contribution in [1.29, 1.82) is 0 Å². The molecule has 1 heterocycles. The van der Waals surface area contributed by atoms with Gasteiger partial charge in [-0.05, 0) is 6.92 Å². The van der Waals surface area contributed by atoms with Crippen LogP contribution in [-0.4, -0.2) is 36.3 Å². The molecule has 72 valence electrons. The highest BCUT2D eigenvalue weighted by Gasteiger charge is 2.23. The first-order valence-corrected chi connectivity index (χ1v) is 4.15. The van der Waals surface area contributed by atoms with Crippen LogP contribution in [0.5, 0.6) is 0 Å². The average molecular weight is 184 g/mol. The van der Waals surface area contributed by atoms with E-state index in [1.54, 1.807) is 0 Å². The number of carbonyl (C=O) groups is 2. The molecule has 1 rings (SSSR count). The van der Waals surface area contributed by atoms with E-state index in [4.69, 9.17) is 0 Å². The number of methoxy groups -OCH3 is 1. The molecule has 0 saturated heterocycles. The Morgan fingerprint density at radius 3 is 2.85 bits per heavy atom. The van der Waals surface area contributed by atoms with Crippen LogP contribution < -0.4 is 0 Å². The van der Waals surface area contributed by atoms with Crippen LogP contribution >= 0.6 is 0 Å². The lowest BCUT2D eigenvalue weighted by atomic mass is 10.2. The zero-order chi connectivity index (χ0) is 9.84. The molecule has 1 amide bonds. The number of hydrogen-bond donors (Lipinski definition) is 0. The fourth-order valence-electron chi connectivity index (χ4n) is 1.11. The van der Waals surface area contributed by atoms with Crippen LogP contribution in [0.3, 0.4) is 0 Å². The molecule has 0 aliphatic carbocycles. The van der Waals surface area contributed by atoms with Crippen molar-refractivity contribution in [3.05, 3.63) is 0 Å². The third-order valence-corrected chi connectivity index (χ3v) is 1.83. The first-order valence-electron chi connectivity index (χ1n) is 4.15. The lowest BCUT2D eigenvalue weighted by Crippen LogP contribution is -2.34. The van der Waals surface area contributed by atoms with E-state index in [2.05, 4.69) is 9.84 Å². The molecule has 0 spiro atoms. The minimum absolute atomic E-state index is 0.0462. The molecule has 0 aromatic carbocycles. The second-order valence-corrected chi connectivity index (χ2v) is 2.65. The molecule has 0 aromatic rings. The van der Waals surface area contributed by atoms with Gasteiger partial charge < -0.3 is 4.74 Å². The van der Waals surface area contributed by atoms with Crippen LogP contribution in [0.1, 0.15) is 19.8 Å². The summed E-state index contributed by atoms with van der Waals surface area (Å²) in [7, 11) is 1.30. The van der Waals surface area contributed by atoms with E-state index in [1.807, 2.05) is 6.92 Å². The summed E-state index contributed by atoms with van der Waals surface area (Å²) in [4.78, 5) is 22.2. The van der Waals surface area contributed by atoms with Gasteiger partial charge in [-0.15, -0.1) is 0 Å². The monoisotopic (exact) mass is 184 g/mol. The van der Waals surface area contributed by atoms with Gasteiger partial charge in [0.2, 0.25) is 5.91 Å². The predicted octanol–water partition coefficient (Wildman–Crippen LogP) is 0.158. The zero-order valence-corrected chi connectivity index (χ0v) is 7.74. The van der Waals surface area contributed by atoms with E-state index in [9.17, 15) is 9.59 Å². The van der Waals surface area contributed by atoms with Crippen molar-refractivity contribution in [2.24, 2.45) is 5.10 Å². The molecule has 5 nitrogen and oxygen atoms in total. The van der Waals surface area contributed by atoms with Gasteiger partial charge in [-0.3, -0.25) is 4.79 Å². The van der Waals surface area contributed by atoms with E-state index in [-0.39, 0.29) is 5.91 Å². The summed E-state index contributed by atoms with van der Waals surface area (Å²) < 4.78 is 4.51. The second kappa shape index (κ2) is 4.02. The summed E-state index contributed by atoms with van der Waals surface area (Å²) >= 11 is 0. The van der Waals surface area contributed by atoms with E-state index < -0.39 is 5.97 Å². The molecule has 0 atom stereocenters. The van der Waals surface area contributed by atoms with E-state index in [0.717, 1.165) is 0 Å². The van der Waals surface area contributed by atoms with Crippen molar-refractivity contribution in [1.82, 2.24) is 5.01 Å². The van der Waals surface area contributed by atoms with Gasteiger partial charge in [0.25, 0.3) is 0 Å². The van der Waals surface area contributed by atoms with E-state index >= 15 is 0 Å². The molecular weight excluding hydrogens is 172 g/mol. The van der Waals surface area contributed by atoms with Gasteiger partial charge >= 0.3 is 5.97 Å². The SMILES string of the molecule is CCN1N=C(C(=O)OC)CCC1=O. The summed E-state index contributed by atoms with van der Waals surface area (Å²) in [6.07, 6.45) is 0.712. The largest absolute Gasteiger partial charge is 0.464 e. The molecule has 0 bridgehead atoms. The van der Waals surface area contributed by atoms with Gasteiger partial charge in [-0.2, -0.15) is 5.10 Å². The lowest BCUT2D eigenvalue weighted by molar-refractivity contribution is -0.134. The van der Waals surface area contributed by atoms with Gasteiger partial charge in [-0.1, -0.05) is 0 Å². The number of esters is 1. The molecule has 0 saturated carbocycles. The average Bonchev–Trinajstić information content (AvgIpc) is 2.17. The number of hydrogen-bond acceptors (Lipinski definition) is 4. The predicted molar refractivity (Wildman–Crippen MR) is 46.1 cm³/mol. The summed E-state index contributed by atoms with van der Waals surface area (Å²) in [5.74, 6) is -0.499. The number of rotatable bonds is 2. The maximum atomic E-state index is 11.1. The van der Waals surface area contributed by atoms with Gasteiger partial charge in [0.05, 0.1) is 7.11 Å². The fraction of sp³-hybridized carbons (Fsp3) is 0.625. The summed E-state index contributed by atoms with van der Waals surface area (Å²) in [6, 6.07) is 0. The molecular formula is C8H12N2O3. The van der Waals surface area contributed by atoms with Crippen LogP contribution in [0.4, 0.5) is 0 Å². The quantitative estimate of drug-likeness (QED) is 0.574. The molecule has 0 radical (unpaired) electrons. The Hall–Kier alpha value is -1.39. The standard InChI is InChI=1S/C8H12N2O3/c1-3-10-7(11)5-4-6(9-10)8(12)13-2/h3-5H2,1-2H3. The molecule has 0 fully saturated rings. The smallest absolute Gasteiger partial charge is 0.354 e. The van der Waals surface area contributed by atoms with Gasteiger partial charge in [0.1, 0.15) is 5.71 Å². The molecule has 1 aliphatic rings. The Balaban J connectivity index is 2.77. The van der Waals surface area contributed by atoms with Crippen LogP contribution in [0, 0.1) is 0 Å². The van der Waals surface area contributed by atoms with Crippen molar-refractivity contribution in [2.75, 3.05) is 13.7 Å². The molecule has 13 heavy (non-hydrogen) atoms. The van der Waals surface area contributed by atoms with Crippen molar-refractivity contribution < 1.29 is 14.3 Å². The highest BCUT2D eigenvalue weighted by Crippen LogP contribution is 2.09. The van der Waals surface area contributed by atoms with Crippen molar-refractivity contribution in [3.8, 4) is 0 Å². The molecule has 5 heteroatoms. The Labute approximate surface area is 76.3 Å². The molecule has 1 aliphatic heterocycles. The minimum atomic E-state index is -0.453. The van der Waals surface area contributed by atoms with Crippen LogP contribution in [0.2, 0.25) is 0 Å². The number of nitrogens with zero attached hydrogens (tertiary/aromatic N) is 2. The van der Waals surface area contributed by atoms with Crippen LogP contribution in [0.25, 0.3) is 0 Å². The van der Waals surface area contributed by atoms with E-state index in [1.165, 1.54) is 12.1 Å². The van der Waals surface area contributed by atoms with Crippen LogP contribution in [0.15, 0.2) is 5.10 Å². The third-order valence-electron chi connectivity index (χ3n) is 1.83. The summed E-state index contributed by atoms with van der Waals surface area (Å²) in [5, 5.41) is 5.17. The normalized spacial score (nSPS) is 16.9. The topological polar surface area (TPSA) is 59.0 Å². The highest BCUT2D eigenvalue weighted by molar-refractivity contribution is 6.37. The van der Waals surface area contributed by atoms with Crippen LogP contribution in [-0.2, 0) is 14.3 Å². The highest BCUT2D eigenvalue weighted by atomic mass is 16.5. The molecule has 0 aromatic heterocycles. The molecule has 0 N–H and O–H groups in total. The van der Waals surface area contributed by atoms with Crippen molar-refractivity contribution in [3.63, 3.8) is 0 Å². The van der Waals surface area contributed by atoms with Gasteiger partial charge in [0.15, 0.2) is 0 Å². The Morgan fingerprint density at radius 1 is 1.62 bits per heavy atom. The zero-order valence-electron chi connectivity index (χ0n) is 7.74.